The van der Waals surface area contributed by atoms with Crippen molar-refractivity contribution in [1.29, 1.82) is 0 Å². The Kier molecular flexibility index (Phi) is 5.84. The number of hydrogen-bond acceptors (Lipinski definition) is 3. The second-order valence-electron chi connectivity index (χ2n) is 4.54. The zero-order chi connectivity index (χ0) is 12.7. The topological polar surface area (TPSA) is 38.7 Å². The number of aromatic hydroxyl groups is 1. The van der Waals surface area contributed by atoms with E-state index in [2.05, 4.69) is 13.8 Å². The van der Waals surface area contributed by atoms with E-state index in [-0.39, 0.29) is 5.75 Å². The van der Waals surface area contributed by atoms with Crippen LogP contribution in [0.3, 0.4) is 0 Å². The molecule has 0 heterocycles. The smallest absolute Gasteiger partial charge is 0.126 e. The van der Waals surface area contributed by atoms with Gasteiger partial charge >= 0.3 is 0 Å². The molecule has 0 radical (unpaired) electrons. The van der Waals surface area contributed by atoms with E-state index in [1.807, 2.05) is 13.0 Å². The SMILES string of the molecule is Cc1c(O)cccc1OCCOCCC(C)C. The van der Waals surface area contributed by atoms with Gasteiger partial charge in [0.25, 0.3) is 0 Å². The Morgan fingerprint density at radius 2 is 1.94 bits per heavy atom. The van der Waals surface area contributed by atoms with Gasteiger partial charge in [-0.1, -0.05) is 19.9 Å². The molecule has 0 atom stereocenters. The first-order chi connectivity index (χ1) is 8.11. The van der Waals surface area contributed by atoms with Gasteiger partial charge in [-0.25, -0.2) is 0 Å². The quantitative estimate of drug-likeness (QED) is 0.742. The van der Waals surface area contributed by atoms with Crippen molar-refractivity contribution in [3.8, 4) is 11.5 Å². The summed E-state index contributed by atoms with van der Waals surface area (Å²) in [6, 6.07) is 5.28. The monoisotopic (exact) mass is 238 g/mol. The Morgan fingerprint density at radius 3 is 2.65 bits per heavy atom. The van der Waals surface area contributed by atoms with Crippen LogP contribution in [0.1, 0.15) is 25.8 Å². The lowest BCUT2D eigenvalue weighted by Gasteiger charge is -2.10. The molecule has 1 aromatic carbocycles. The van der Waals surface area contributed by atoms with Crippen molar-refractivity contribution in [2.75, 3.05) is 19.8 Å². The van der Waals surface area contributed by atoms with Gasteiger partial charge in [0.1, 0.15) is 18.1 Å². The van der Waals surface area contributed by atoms with Crippen LogP contribution in [-0.2, 0) is 4.74 Å². The molecule has 17 heavy (non-hydrogen) atoms. The maximum Gasteiger partial charge on any atom is 0.126 e. The fourth-order valence-electron chi connectivity index (χ4n) is 1.39. The molecule has 96 valence electrons. The largest absolute Gasteiger partial charge is 0.508 e. The van der Waals surface area contributed by atoms with Crippen LogP contribution in [0, 0.1) is 12.8 Å². The van der Waals surface area contributed by atoms with E-state index < -0.39 is 0 Å². The molecule has 0 spiro atoms. The molecule has 3 heteroatoms. The van der Waals surface area contributed by atoms with Crippen LogP contribution in [0.5, 0.6) is 11.5 Å². The van der Waals surface area contributed by atoms with Crippen LogP contribution in [-0.4, -0.2) is 24.9 Å². The van der Waals surface area contributed by atoms with Crippen molar-refractivity contribution < 1.29 is 14.6 Å². The molecule has 0 amide bonds. The van der Waals surface area contributed by atoms with Gasteiger partial charge in [0.05, 0.1) is 6.61 Å². The molecule has 0 fully saturated rings. The first-order valence-corrected chi connectivity index (χ1v) is 6.10. The van der Waals surface area contributed by atoms with Crippen LogP contribution >= 0.6 is 0 Å². The van der Waals surface area contributed by atoms with Gasteiger partial charge in [-0.05, 0) is 31.4 Å². The first kappa shape index (κ1) is 13.8. The predicted molar refractivity (Wildman–Crippen MR) is 68.6 cm³/mol. The Labute approximate surface area is 103 Å². The van der Waals surface area contributed by atoms with Gasteiger partial charge in [-0.15, -0.1) is 0 Å². The molecule has 0 aromatic heterocycles. The van der Waals surface area contributed by atoms with Crippen LogP contribution < -0.4 is 4.74 Å². The number of phenols is 1. The van der Waals surface area contributed by atoms with Crippen LogP contribution in [0.15, 0.2) is 18.2 Å². The molecule has 0 aliphatic rings. The van der Waals surface area contributed by atoms with E-state index >= 15 is 0 Å². The number of benzene rings is 1. The molecule has 0 bridgehead atoms. The number of ether oxygens (including phenoxy) is 2. The highest BCUT2D eigenvalue weighted by Crippen LogP contribution is 2.25. The summed E-state index contributed by atoms with van der Waals surface area (Å²) in [5.74, 6) is 1.66. The summed E-state index contributed by atoms with van der Waals surface area (Å²) in [5, 5.41) is 9.49. The summed E-state index contributed by atoms with van der Waals surface area (Å²) in [4.78, 5) is 0. The van der Waals surface area contributed by atoms with Crippen molar-refractivity contribution in [3.05, 3.63) is 23.8 Å². The minimum atomic E-state index is 0.267. The summed E-state index contributed by atoms with van der Waals surface area (Å²) < 4.78 is 11.0. The van der Waals surface area contributed by atoms with Crippen molar-refractivity contribution in [2.24, 2.45) is 5.92 Å². The molecule has 1 aromatic rings. The first-order valence-electron chi connectivity index (χ1n) is 6.10. The maximum absolute atomic E-state index is 9.49. The van der Waals surface area contributed by atoms with Crippen molar-refractivity contribution in [2.45, 2.75) is 27.2 Å². The van der Waals surface area contributed by atoms with E-state index in [1.54, 1.807) is 12.1 Å². The third-order valence-electron chi connectivity index (χ3n) is 2.58. The van der Waals surface area contributed by atoms with Crippen molar-refractivity contribution in [3.63, 3.8) is 0 Å². The summed E-state index contributed by atoms with van der Waals surface area (Å²) in [6.07, 6.45) is 1.07. The van der Waals surface area contributed by atoms with Gasteiger partial charge in [-0.3, -0.25) is 0 Å². The van der Waals surface area contributed by atoms with Gasteiger partial charge in [-0.2, -0.15) is 0 Å². The third-order valence-corrected chi connectivity index (χ3v) is 2.58. The highest BCUT2D eigenvalue weighted by Gasteiger charge is 2.03. The minimum Gasteiger partial charge on any atom is -0.508 e. The van der Waals surface area contributed by atoms with E-state index in [4.69, 9.17) is 9.47 Å². The van der Waals surface area contributed by atoms with Crippen LogP contribution in [0.4, 0.5) is 0 Å². The molecule has 0 saturated heterocycles. The van der Waals surface area contributed by atoms with E-state index in [9.17, 15) is 5.11 Å². The van der Waals surface area contributed by atoms with Gasteiger partial charge in [0.15, 0.2) is 0 Å². The van der Waals surface area contributed by atoms with E-state index in [0.29, 0.717) is 19.1 Å². The highest BCUT2D eigenvalue weighted by molar-refractivity contribution is 5.42. The standard InChI is InChI=1S/C14H22O3/c1-11(2)7-8-16-9-10-17-14-6-4-5-13(15)12(14)3/h4-6,11,15H,7-10H2,1-3H3. The zero-order valence-corrected chi connectivity index (χ0v) is 10.9. The predicted octanol–water partition coefficient (Wildman–Crippen LogP) is 3.14. The molecule has 0 aliphatic carbocycles. The third kappa shape index (κ3) is 5.09. The normalized spacial score (nSPS) is 10.8. The van der Waals surface area contributed by atoms with E-state index in [0.717, 1.165) is 24.3 Å². The number of hydrogen-bond donors (Lipinski definition) is 1. The average Bonchev–Trinajstić information content (AvgIpc) is 2.28. The maximum atomic E-state index is 9.49. The molecule has 1 N–H and O–H groups in total. The van der Waals surface area contributed by atoms with Crippen molar-refractivity contribution >= 4 is 0 Å². The zero-order valence-electron chi connectivity index (χ0n) is 10.9. The molecular weight excluding hydrogens is 216 g/mol. The molecule has 3 nitrogen and oxygen atoms in total. The van der Waals surface area contributed by atoms with Crippen LogP contribution in [0.25, 0.3) is 0 Å². The summed E-state index contributed by atoms with van der Waals surface area (Å²) in [6.45, 7) is 8.07. The molecule has 0 aliphatic heterocycles. The second kappa shape index (κ2) is 7.17. The van der Waals surface area contributed by atoms with E-state index in [1.165, 1.54) is 0 Å². The summed E-state index contributed by atoms with van der Waals surface area (Å²) >= 11 is 0. The summed E-state index contributed by atoms with van der Waals surface area (Å²) in [5.41, 5.74) is 0.773. The lowest BCUT2D eigenvalue weighted by atomic mass is 10.1. The number of rotatable bonds is 7. The summed E-state index contributed by atoms with van der Waals surface area (Å²) in [7, 11) is 0. The average molecular weight is 238 g/mol. The molecule has 0 saturated carbocycles. The fraction of sp³-hybridized carbons (Fsp3) is 0.571. The van der Waals surface area contributed by atoms with Gasteiger partial charge in [0, 0.05) is 12.2 Å². The lowest BCUT2D eigenvalue weighted by molar-refractivity contribution is 0.0923. The number of phenolic OH excluding ortho intramolecular Hbond substituents is 1. The fourth-order valence-corrected chi connectivity index (χ4v) is 1.39. The van der Waals surface area contributed by atoms with Crippen molar-refractivity contribution in [1.82, 2.24) is 0 Å². The second-order valence-corrected chi connectivity index (χ2v) is 4.54. The lowest BCUT2D eigenvalue weighted by Crippen LogP contribution is -2.09. The Hall–Kier alpha value is -1.22. The highest BCUT2D eigenvalue weighted by atomic mass is 16.5. The van der Waals surface area contributed by atoms with Gasteiger partial charge in [0.2, 0.25) is 0 Å². The Morgan fingerprint density at radius 1 is 1.18 bits per heavy atom. The Bertz CT molecular complexity index is 334. The molecular formula is C14H22O3. The molecule has 1 rings (SSSR count). The molecule has 0 unspecified atom stereocenters. The van der Waals surface area contributed by atoms with Gasteiger partial charge < -0.3 is 14.6 Å². The Balaban J connectivity index is 2.20. The minimum absolute atomic E-state index is 0.267. The van der Waals surface area contributed by atoms with Crippen LogP contribution in [0.2, 0.25) is 0 Å².